The molecule has 1 unspecified atom stereocenters. The van der Waals surface area contributed by atoms with Crippen molar-refractivity contribution < 1.29 is 17.9 Å². The molecule has 0 amide bonds. The summed E-state index contributed by atoms with van der Waals surface area (Å²) in [5.41, 5.74) is 0.438. The maximum absolute atomic E-state index is 12.4. The van der Waals surface area contributed by atoms with E-state index in [1.165, 1.54) is 55.5 Å². The molecule has 2 rings (SSSR count). The molecule has 0 heterocycles. The van der Waals surface area contributed by atoms with E-state index in [-0.39, 0.29) is 17.1 Å². The van der Waals surface area contributed by atoms with Crippen LogP contribution in [0.3, 0.4) is 0 Å². The summed E-state index contributed by atoms with van der Waals surface area (Å²) in [6.07, 6.45) is -0.287. The van der Waals surface area contributed by atoms with Crippen LogP contribution in [0.4, 0.5) is 0 Å². The van der Waals surface area contributed by atoms with Gasteiger partial charge in [-0.2, -0.15) is 5.26 Å². The molecule has 0 aliphatic carbocycles. The molecule has 24 heavy (non-hydrogen) atoms. The molecule has 0 saturated heterocycles. The van der Waals surface area contributed by atoms with Crippen molar-refractivity contribution in [3.63, 3.8) is 0 Å². The van der Waals surface area contributed by atoms with Gasteiger partial charge in [0, 0.05) is 5.02 Å². The van der Waals surface area contributed by atoms with Gasteiger partial charge < -0.3 is 4.74 Å². The van der Waals surface area contributed by atoms with Crippen LogP contribution >= 0.6 is 11.6 Å². The van der Waals surface area contributed by atoms with Crippen LogP contribution in [-0.2, 0) is 14.6 Å². The number of carbonyl (C=O) groups excluding carboxylic acids is 1. The van der Waals surface area contributed by atoms with Crippen LogP contribution < -0.4 is 4.74 Å². The zero-order valence-corrected chi connectivity index (χ0v) is 14.3. The highest BCUT2D eigenvalue weighted by Gasteiger charge is 2.26. The van der Waals surface area contributed by atoms with Gasteiger partial charge in [0.05, 0.1) is 28.2 Å². The number of carbonyl (C=O) groups is 1. The van der Waals surface area contributed by atoms with Crippen molar-refractivity contribution in [1.82, 2.24) is 0 Å². The Kier molecular flexibility index (Phi) is 5.60. The zero-order chi connectivity index (χ0) is 17.7. The molecule has 7 heteroatoms. The summed E-state index contributed by atoms with van der Waals surface area (Å²) >= 11 is 5.75. The molecule has 0 saturated carbocycles. The van der Waals surface area contributed by atoms with E-state index in [0.29, 0.717) is 10.6 Å². The van der Waals surface area contributed by atoms with Crippen LogP contribution in [0.5, 0.6) is 5.75 Å². The zero-order valence-electron chi connectivity index (χ0n) is 12.8. The Morgan fingerprint density at radius 1 is 1.17 bits per heavy atom. The predicted molar refractivity (Wildman–Crippen MR) is 89.5 cm³/mol. The molecule has 2 aromatic carbocycles. The lowest BCUT2D eigenvalue weighted by molar-refractivity contribution is -0.134. The number of rotatable bonds is 5. The van der Waals surface area contributed by atoms with E-state index in [4.69, 9.17) is 21.6 Å². The number of nitriles is 1. The molecule has 0 N–H and O–H groups in total. The number of hydrogen-bond acceptors (Lipinski definition) is 5. The first-order chi connectivity index (χ1) is 11.3. The Bertz CT molecular complexity index is 868. The van der Waals surface area contributed by atoms with E-state index >= 15 is 0 Å². The molecule has 0 bridgehead atoms. The number of esters is 1. The second kappa shape index (κ2) is 7.47. The molecular formula is C17H14ClNO4S. The molecular weight excluding hydrogens is 350 g/mol. The first-order valence-electron chi connectivity index (χ1n) is 7.03. The summed E-state index contributed by atoms with van der Waals surface area (Å²) in [7, 11) is -3.66. The predicted octanol–water partition coefficient (Wildman–Crippen LogP) is 3.37. The maximum atomic E-state index is 12.4. The van der Waals surface area contributed by atoms with Gasteiger partial charge in [0.15, 0.2) is 9.84 Å². The lowest BCUT2D eigenvalue weighted by Gasteiger charge is -2.12. The van der Waals surface area contributed by atoms with Gasteiger partial charge in [-0.25, -0.2) is 8.42 Å². The van der Waals surface area contributed by atoms with Gasteiger partial charge in [-0.1, -0.05) is 11.6 Å². The van der Waals surface area contributed by atoms with E-state index in [1.54, 1.807) is 0 Å². The van der Waals surface area contributed by atoms with Crippen molar-refractivity contribution in [3.05, 3.63) is 59.1 Å². The average Bonchev–Trinajstić information content (AvgIpc) is 2.55. The molecule has 0 aromatic heterocycles. The van der Waals surface area contributed by atoms with Crippen LogP contribution in [0, 0.1) is 11.3 Å². The second-order valence-corrected chi connectivity index (χ2v) is 7.93. The summed E-state index contributed by atoms with van der Waals surface area (Å²) in [6, 6.07) is 13.7. The van der Waals surface area contributed by atoms with Crippen molar-refractivity contribution >= 4 is 27.4 Å². The first kappa shape index (κ1) is 18.0. The van der Waals surface area contributed by atoms with Crippen LogP contribution in [0.25, 0.3) is 0 Å². The SMILES string of the molecule is CC(CC(=O)Oc1ccc(C#N)cc1)S(=O)(=O)c1ccc(Cl)cc1. The minimum Gasteiger partial charge on any atom is -0.426 e. The Labute approximate surface area is 145 Å². The van der Waals surface area contributed by atoms with Gasteiger partial charge in [0.2, 0.25) is 0 Å². The average molecular weight is 364 g/mol. The van der Waals surface area contributed by atoms with Crippen molar-refractivity contribution in [3.8, 4) is 11.8 Å². The molecule has 1 atom stereocenters. The standard InChI is InChI=1S/C17H14ClNO4S/c1-12(24(21,22)16-8-4-14(18)5-9-16)10-17(20)23-15-6-2-13(11-19)3-7-15/h2-9,12H,10H2,1H3. The normalized spacial score (nSPS) is 12.2. The van der Waals surface area contributed by atoms with Gasteiger partial charge in [-0.15, -0.1) is 0 Å². The molecule has 0 radical (unpaired) electrons. The summed E-state index contributed by atoms with van der Waals surface area (Å²) < 4.78 is 30.0. The largest absolute Gasteiger partial charge is 0.426 e. The van der Waals surface area contributed by atoms with Gasteiger partial charge >= 0.3 is 5.97 Å². The third-order valence-corrected chi connectivity index (χ3v) is 5.75. The highest BCUT2D eigenvalue weighted by atomic mass is 35.5. The Balaban J connectivity index is 2.04. The van der Waals surface area contributed by atoms with E-state index in [2.05, 4.69) is 0 Å². The Hall–Kier alpha value is -2.36. The molecule has 0 aliphatic heterocycles. The molecule has 0 fully saturated rings. The summed E-state index contributed by atoms with van der Waals surface area (Å²) in [4.78, 5) is 12.0. The fourth-order valence-electron chi connectivity index (χ4n) is 1.97. The monoisotopic (exact) mass is 363 g/mol. The number of sulfone groups is 1. The van der Waals surface area contributed by atoms with Crippen LogP contribution in [0.15, 0.2) is 53.4 Å². The van der Waals surface area contributed by atoms with Gasteiger partial charge in [0.25, 0.3) is 0 Å². The minimum absolute atomic E-state index is 0.102. The Morgan fingerprint density at radius 2 is 1.75 bits per heavy atom. The van der Waals surface area contributed by atoms with E-state index in [0.717, 1.165) is 0 Å². The lowest BCUT2D eigenvalue weighted by Crippen LogP contribution is -2.24. The molecule has 2 aromatic rings. The van der Waals surface area contributed by atoms with Gasteiger partial charge in [0.1, 0.15) is 5.75 Å². The topological polar surface area (TPSA) is 84.2 Å². The van der Waals surface area contributed by atoms with Crippen LogP contribution in [0.1, 0.15) is 18.9 Å². The van der Waals surface area contributed by atoms with Gasteiger partial charge in [-0.3, -0.25) is 4.79 Å². The number of nitrogens with zero attached hydrogens (tertiary/aromatic N) is 1. The number of halogens is 1. The third kappa shape index (κ3) is 4.34. The number of benzene rings is 2. The van der Waals surface area contributed by atoms with Gasteiger partial charge in [-0.05, 0) is 55.5 Å². The van der Waals surface area contributed by atoms with Crippen molar-refractivity contribution in [2.24, 2.45) is 0 Å². The molecule has 5 nitrogen and oxygen atoms in total. The second-order valence-electron chi connectivity index (χ2n) is 5.12. The fraction of sp³-hybridized carbons (Fsp3) is 0.176. The number of ether oxygens (including phenoxy) is 1. The third-order valence-electron chi connectivity index (χ3n) is 3.34. The highest BCUT2D eigenvalue weighted by Crippen LogP contribution is 2.21. The van der Waals surface area contributed by atoms with E-state index in [1.807, 2.05) is 6.07 Å². The van der Waals surface area contributed by atoms with Crippen LogP contribution in [0.2, 0.25) is 5.02 Å². The summed E-state index contributed by atoms with van der Waals surface area (Å²) in [5.74, 6) is -0.403. The fourth-order valence-corrected chi connectivity index (χ4v) is 3.43. The summed E-state index contributed by atoms with van der Waals surface area (Å²) in [6.45, 7) is 1.45. The maximum Gasteiger partial charge on any atom is 0.312 e. The smallest absolute Gasteiger partial charge is 0.312 e. The van der Waals surface area contributed by atoms with E-state index < -0.39 is 21.1 Å². The number of hydrogen-bond donors (Lipinski definition) is 0. The first-order valence-corrected chi connectivity index (χ1v) is 8.95. The molecule has 0 spiro atoms. The Morgan fingerprint density at radius 3 is 2.29 bits per heavy atom. The quantitative estimate of drug-likeness (QED) is 0.600. The van der Waals surface area contributed by atoms with Crippen molar-refractivity contribution in [2.45, 2.75) is 23.5 Å². The summed E-state index contributed by atoms with van der Waals surface area (Å²) in [5, 5.41) is 8.20. The highest BCUT2D eigenvalue weighted by molar-refractivity contribution is 7.92. The van der Waals surface area contributed by atoms with Crippen molar-refractivity contribution in [2.75, 3.05) is 0 Å². The lowest BCUT2D eigenvalue weighted by atomic mass is 10.2. The minimum atomic E-state index is -3.66. The van der Waals surface area contributed by atoms with Crippen LogP contribution in [-0.4, -0.2) is 19.6 Å². The molecule has 124 valence electrons. The van der Waals surface area contributed by atoms with Crippen molar-refractivity contribution in [1.29, 1.82) is 5.26 Å². The molecule has 0 aliphatic rings. The van der Waals surface area contributed by atoms with E-state index in [9.17, 15) is 13.2 Å².